The van der Waals surface area contributed by atoms with Crippen molar-refractivity contribution in [2.45, 2.75) is 38.1 Å². The summed E-state index contributed by atoms with van der Waals surface area (Å²) in [5, 5.41) is 0. The predicted molar refractivity (Wildman–Crippen MR) is 84.2 cm³/mol. The monoisotopic (exact) mass is 276 g/mol. The van der Waals surface area contributed by atoms with Crippen molar-refractivity contribution in [3.8, 4) is 5.75 Å². The molecule has 0 unspecified atom stereocenters. The summed E-state index contributed by atoms with van der Waals surface area (Å²) in [5.41, 5.74) is 7.56. The molecule has 1 aliphatic rings. The van der Waals surface area contributed by atoms with Crippen molar-refractivity contribution >= 4 is 0 Å². The molecule has 0 amide bonds. The minimum atomic E-state index is 0.201. The molecule has 2 rings (SSSR count). The Morgan fingerprint density at radius 1 is 1.30 bits per heavy atom. The average molecular weight is 276 g/mol. The van der Waals surface area contributed by atoms with Crippen LogP contribution in [0.15, 0.2) is 24.3 Å². The van der Waals surface area contributed by atoms with Crippen molar-refractivity contribution in [3.63, 3.8) is 0 Å². The summed E-state index contributed by atoms with van der Waals surface area (Å²) >= 11 is 0. The van der Waals surface area contributed by atoms with E-state index in [1.165, 1.54) is 12.0 Å². The summed E-state index contributed by atoms with van der Waals surface area (Å²) in [6, 6.07) is 9.19. The second-order valence-corrected chi connectivity index (χ2v) is 6.32. The minimum Gasteiger partial charge on any atom is -0.497 e. The molecule has 0 bridgehead atoms. The zero-order chi connectivity index (χ0) is 14.8. The van der Waals surface area contributed by atoms with E-state index in [-0.39, 0.29) is 5.41 Å². The second kappa shape index (κ2) is 6.15. The maximum Gasteiger partial charge on any atom is 0.118 e. The Morgan fingerprint density at radius 3 is 2.50 bits per heavy atom. The minimum absolute atomic E-state index is 0.201. The van der Waals surface area contributed by atoms with Crippen LogP contribution in [0.3, 0.4) is 0 Å². The number of ether oxygens (including phenoxy) is 1. The fourth-order valence-corrected chi connectivity index (χ4v) is 3.75. The number of likely N-dealkylation sites (tertiary alicyclic amines) is 1. The molecule has 3 heteroatoms. The van der Waals surface area contributed by atoms with Crippen LogP contribution in [-0.4, -0.2) is 38.2 Å². The first-order valence-electron chi connectivity index (χ1n) is 7.58. The molecule has 0 aliphatic carbocycles. The smallest absolute Gasteiger partial charge is 0.118 e. The van der Waals surface area contributed by atoms with Crippen LogP contribution < -0.4 is 10.5 Å². The van der Waals surface area contributed by atoms with E-state index >= 15 is 0 Å². The van der Waals surface area contributed by atoms with Gasteiger partial charge in [-0.2, -0.15) is 0 Å². The van der Waals surface area contributed by atoms with Crippen LogP contribution in [0.2, 0.25) is 0 Å². The van der Waals surface area contributed by atoms with Crippen molar-refractivity contribution in [2.24, 2.45) is 11.7 Å². The van der Waals surface area contributed by atoms with Crippen LogP contribution >= 0.6 is 0 Å². The summed E-state index contributed by atoms with van der Waals surface area (Å²) in [5.74, 6) is 1.53. The fourth-order valence-electron chi connectivity index (χ4n) is 3.75. The second-order valence-electron chi connectivity index (χ2n) is 6.32. The number of benzene rings is 1. The average Bonchev–Trinajstić information content (AvgIpc) is 2.45. The Bertz CT molecular complexity index is 431. The Balaban J connectivity index is 2.37. The molecule has 1 aliphatic heterocycles. The van der Waals surface area contributed by atoms with Gasteiger partial charge in [-0.1, -0.05) is 19.1 Å². The summed E-state index contributed by atoms with van der Waals surface area (Å²) in [6.45, 7) is 6.56. The first kappa shape index (κ1) is 15.3. The molecule has 112 valence electrons. The molecule has 3 nitrogen and oxygen atoms in total. The van der Waals surface area contributed by atoms with E-state index in [0.717, 1.165) is 25.3 Å². The molecule has 2 N–H and O–H groups in total. The van der Waals surface area contributed by atoms with Gasteiger partial charge in [0, 0.05) is 18.0 Å². The molecule has 1 aromatic carbocycles. The molecular weight excluding hydrogens is 248 g/mol. The van der Waals surface area contributed by atoms with E-state index in [4.69, 9.17) is 10.5 Å². The molecule has 1 fully saturated rings. The van der Waals surface area contributed by atoms with Crippen LogP contribution in [0, 0.1) is 5.92 Å². The molecule has 20 heavy (non-hydrogen) atoms. The Labute approximate surface area is 123 Å². The molecular formula is C17H28N2O. The Kier molecular flexibility index (Phi) is 4.71. The number of hydrogen-bond acceptors (Lipinski definition) is 3. The first-order valence-corrected chi connectivity index (χ1v) is 7.58. The molecule has 3 atom stereocenters. The van der Waals surface area contributed by atoms with Gasteiger partial charge < -0.3 is 15.4 Å². The molecule has 1 aromatic rings. The van der Waals surface area contributed by atoms with Crippen molar-refractivity contribution in [1.29, 1.82) is 0 Å². The highest BCUT2D eigenvalue weighted by Gasteiger charge is 2.43. The summed E-state index contributed by atoms with van der Waals surface area (Å²) in [7, 11) is 3.94. The third-order valence-corrected chi connectivity index (χ3v) is 5.17. The Morgan fingerprint density at radius 2 is 1.95 bits per heavy atom. The van der Waals surface area contributed by atoms with Gasteiger partial charge in [-0.3, -0.25) is 0 Å². The largest absolute Gasteiger partial charge is 0.497 e. The zero-order valence-electron chi connectivity index (χ0n) is 13.2. The van der Waals surface area contributed by atoms with Gasteiger partial charge in [0.25, 0.3) is 0 Å². The maximum atomic E-state index is 5.94. The summed E-state index contributed by atoms with van der Waals surface area (Å²) < 4.78 is 5.28. The number of rotatable bonds is 4. The number of nitrogens with two attached hydrogens (primary N) is 1. The van der Waals surface area contributed by atoms with Gasteiger partial charge in [0.1, 0.15) is 5.75 Å². The maximum absolute atomic E-state index is 5.94. The van der Waals surface area contributed by atoms with Gasteiger partial charge in [-0.25, -0.2) is 0 Å². The fraction of sp³-hybridized carbons (Fsp3) is 0.647. The van der Waals surface area contributed by atoms with E-state index < -0.39 is 0 Å². The van der Waals surface area contributed by atoms with Gasteiger partial charge in [0.2, 0.25) is 0 Å². The quantitative estimate of drug-likeness (QED) is 0.919. The SMILES string of the molecule is COc1ccc([C@]2(CCN)C[C@H](C)N(C)C[C@@H]2C)cc1. The van der Waals surface area contributed by atoms with Crippen molar-refractivity contribution in [3.05, 3.63) is 29.8 Å². The van der Waals surface area contributed by atoms with Crippen LogP contribution in [0.5, 0.6) is 5.75 Å². The van der Waals surface area contributed by atoms with Gasteiger partial charge in [-0.05, 0) is 57.0 Å². The third kappa shape index (κ3) is 2.70. The van der Waals surface area contributed by atoms with E-state index in [0.29, 0.717) is 12.0 Å². The lowest BCUT2D eigenvalue weighted by molar-refractivity contribution is 0.0703. The van der Waals surface area contributed by atoms with Crippen molar-refractivity contribution in [2.75, 3.05) is 27.2 Å². The predicted octanol–water partition coefficient (Wildman–Crippen LogP) is 2.64. The zero-order valence-corrected chi connectivity index (χ0v) is 13.2. The lowest BCUT2D eigenvalue weighted by atomic mass is 9.63. The number of hydrogen-bond donors (Lipinski definition) is 1. The third-order valence-electron chi connectivity index (χ3n) is 5.17. The summed E-state index contributed by atoms with van der Waals surface area (Å²) in [4.78, 5) is 2.46. The number of nitrogens with zero attached hydrogens (tertiary/aromatic N) is 1. The topological polar surface area (TPSA) is 38.5 Å². The van der Waals surface area contributed by atoms with Crippen LogP contribution in [-0.2, 0) is 5.41 Å². The van der Waals surface area contributed by atoms with E-state index in [1.54, 1.807) is 7.11 Å². The highest BCUT2D eigenvalue weighted by molar-refractivity contribution is 5.34. The lowest BCUT2D eigenvalue weighted by Gasteiger charge is -2.49. The Hall–Kier alpha value is -1.06. The van der Waals surface area contributed by atoms with Crippen LogP contribution in [0.4, 0.5) is 0 Å². The molecule has 1 saturated heterocycles. The number of piperidine rings is 1. The van der Waals surface area contributed by atoms with Crippen LogP contribution in [0.25, 0.3) is 0 Å². The molecule has 0 aromatic heterocycles. The normalized spacial score (nSPS) is 31.2. The standard InChI is InChI=1S/C17H28N2O/c1-13-12-19(3)14(2)11-17(13,9-10-18)15-5-7-16(20-4)8-6-15/h5-8,13-14H,9-12,18H2,1-4H3/t13-,14-,17+/m0/s1. The van der Waals surface area contributed by atoms with E-state index in [9.17, 15) is 0 Å². The first-order chi connectivity index (χ1) is 9.53. The lowest BCUT2D eigenvalue weighted by Crippen LogP contribution is -2.52. The number of methoxy groups -OCH3 is 1. The summed E-state index contributed by atoms with van der Waals surface area (Å²) in [6.07, 6.45) is 2.23. The highest BCUT2D eigenvalue weighted by Crippen LogP contribution is 2.44. The molecule has 0 radical (unpaired) electrons. The van der Waals surface area contributed by atoms with Crippen molar-refractivity contribution in [1.82, 2.24) is 4.90 Å². The highest BCUT2D eigenvalue weighted by atomic mass is 16.5. The van der Waals surface area contributed by atoms with Gasteiger partial charge >= 0.3 is 0 Å². The molecule has 1 heterocycles. The van der Waals surface area contributed by atoms with Gasteiger partial charge in [-0.15, -0.1) is 0 Å². The van der Waals surface area contributed by atoms with E-state index in [2.05, 4.69) is 50.1 Å². The van der Waals surface area contributed by atoms with Crippen molar-refractivity contribution < 1.29 is 4.74 Å². The van der Waals surface area contributed by atoms with E-state index in [1.807, 2.05) is 0 Å². The van der Waals surface area contributed by atoms with Gasteiger partial charge in [0.15, 0.2) is 0 Å². The molecule has 0 saturated carbocycles. The molecule has 0 spiro atoms. The van der Waals surface area contributed by atoms with Gasteiger partial charge in [0.05, 0.1) is 7.11 Å². The van der Waals surface area contributed by atoms with Crippen LogP contribution in [0.1, 0.15) is 32.3 Å².